The van der Waals surface area contributed by atoms with Crippen molar-refractivity contribution < 1.29 is 9.47 Å². The second-order valence-electron chi connectivity index (χ2n) is 6.77. The van der Waals surface area contributed by atoms with Gasteiger partial charge < -0.3 is 9.47 Å². The number of rotatable bonds is 0. The van der Waals surface area contributed by atoms with Gasteiger partial charge in [-0.1, -0.05) is 53.7 Å². The Balaban J connectivity index is 2.50. The summed E-state index contributed by atoms with van der Waals surface area (Å²) < 4.78 is 12.4. The lowest BCUT2D eigenvalue weighted by atomic mass is 9.70. The second kappa shape index (κ2) is 3.41. The van der Waals surface area contributed by atoms with E-state index in [1.807, 2.05) is 24.3 Å². The predicted molar refractivity (Wildman–Crippen MR) is 69.3 cm³/mol. The van der Waals surface area contributed by atoms with Crippen molar-refractivity contribution in [3.8, 4) is 11.5 Å². The van der Waals surface area contributed by atoms with Crippen molar-refractivity contribution in [3.63, 3.8) is 0 Å². The minimum atomic E-state index is -0.621. The van der Waals surface area contributed by atoms with Crippen LogP contribution in [0.2, 0.25) is 0 Å². The SMILES string of the molecule is CC(C)(C)C1(C(C)(C)C)Oc2ccccc2O1. The number of para-hydroxylation sites is 2. The van der Waals surface area contributed by atoms with Gasteiger partial charge in [0.2, 0.25) is 0 Å². The molecule has 94 valence electrons. The Labute approximate surface area is 104 Å². The predicted octanol–water partition coefficient (Wildman–Crippen LogP) is 4.25. The fraction of sp³-hybridized carbons (Fsp3) is 0.600. The van der Waals surface area contributed by atoms with Crippen molar-refractivity contribution in [2.45, 2.75) is 47.3 Å². The minimum absolute atomic E-state index is 0.107. The molecule has 1 aromatic rings. The van der Waals surface area contributed by atoms with Crippen LogP contribution in [-0.4, -0.2) is 5.79 Å². The highest BCUT2D eigenvalue weighted by Crippen LogP contribution is 2.54. The van der Waals surface area contributed by atoms with E-state index in [0.29, 0.717) is 0 Å². The lowest BCUT2D eigenvalue weighted by Gasteiger charge is -2.47. The van der Waals surface area contributed by atoms with Gasteiger partial charge in [0.1, 0.15) is 0 Å². The maximum atomic E-state index is 6.20. The molecule has 0 aliphatic carbocycles. The molecular weight excluding hydrogens is 212 g/mol. The molecule has 1 heterocycles. The smallest absolute Gasteiger partial charge is 0.261 e. The zero-order chi connectivity index (χ0) is 12.9. The fourth-order valence-electron chi connectivity index (χ4n) is 2.69. The molecule has 1 aliphatic heterocycles. The average molecular weight is 234 g/mol. The van der Waals surface area contributed by atoms with Crippen LogP contribution < -0.4 is 9.47 Å². The quantitative estimate of drug-likeness (QED) is 0.668. The van der Waals surface area contributed by atoms with E-state index in [2.05, 4.69) is 41.5 Å². The molecule has 1 aliphatic rings. The molecule has 1 aromatic carbocycles. The Morgan fingerprint density at radius 3 is 1.41 bits per heavy atom. The van der Waals surface area contributed by atoms with Crippen LogP contribution in [0.15, 0.2) is 24.3 Å². The van der Waals surface area contributed by atoms with Crippen LogP contribution >= 0.6 is 0 Å². The Morgan fingerprint density at radius 1 is 0.765 bits per heavy atom. The van der Waals surface area contributed by atoms with Crippen LogP contribution in [0.25, 0.3) is 0 Å². The third-order valence-electron chi connectivity index (χ3n) is 3.33. The van der Waals surface area contributed by atoms with Crippen molar-refractivity contribution in [1.82, 2.24) is 0 Å². The van der Waals surface area contributed by atoms with Gasteiger partial charge in [0.15, 0.2) is 11.5 Å². The van der Waals surface area contributed by atoms with Gasteiger partial charge in [0.05, 0.1) is 0 Å². The summed E-state index contributed by atoms with van der Waals surface area (Å²) in [6, 6.07) is 7.89. The highest BCUT2D eigenvalue weighted by molar-refractivity contribution is 5.43. The summed E-state index contributed by atoms with van der Waals surface area (Å²) in [5.74, 6) is 1.07. The molecule has 0 atom stereocenters. The lowest BCUT2D eigenvalue weighted by molar-refractivity contribution is -0.224. The monoisotopic (exact) mass is 234 g/mol. The van der Waals surface area contributed by atoms with Crippen molar-refractivity contribution in [1.29, 1.82) is 0 Å². The van der Waals surface area contributed by atoms with E-state index >= 15 is 0 Å². The van der Waals surface area contributed by atoms with Gasteiger partial charge in [-0.15, -0.1) is 0 Å². The van der Waals surface area contributed by atoms with Crippen LogP contribution in [0.5, 0.6) is 11.5 Å². The maximum Gasteiger partial charge on any atom is 0.261 e. The van der Waals surface area contributed by atoms with Gasteiger partial charge in [0, 0.05) is 10.8 Å². The zero-order valence-corrected chi connectivity index (χ0v) is 11.6. The van der Waals surface area contributed by atoms with E-state index in [1.165, 1.54) is 0 Å². The number of fused-ring (bicyclic) bond motifs is 1. The molecule has 0 N–H and O–H groups in total. The fourth-order valence-corrected chi connectivity index (χ4v) is 2.69. The van der Waals surface area contributed by atoms with Crippen molar-refractivity contribution in [2.75, 3.05) is 0 Å². The number of hydrogen-bond donors (Lipinski definition) is 0. The van der Waals surface area contributed by atoms with Crippen LogP contribution in [0.4, 0.5) is 0 Å². The van der Waals surface area contributed by atoms with Gasteiger partial charge in [-0.3, -0.25) is 0 Å². The van der Waals surface area contributed by atoms with Gasteiger partial charge >= 0.3 is 0 Å². The Morgan fingerprint density at radius 2 is 1.12 bits per heavy atom. The van der Waals surface area contributed by atoms with E-state index in [-0.39, 0.29) is 10.8 Å². The van der Waals surface area contributed by atoms with Crippen molar-refractivity contribution in [2.24, 2.45) is 10.8 Å². The molecule has 0 spiro atoms. The number of ether oxygens (including phenoxy) is 2. The third kappa shape index (κ3) is 1.70. The Hall–Kier alpha value is -1.18. The molecule has 0 fully saturated rings. The molecule has 0 amide bonds. The van der Waals surface area contributed by atoms with Crippen LogP contribution in [0.3, 0.4) is 0 Å². The molecule has 0 bridgehead atoms. The van der Waals surface area contributed by atoms with E-state index in [4.69, 9.17) is 9.47 Å². The maximum absolute atomic E-state index is 6.20. The van der Waals surface area contributed by atoms with Gasteiger partial charge in [-0.05, 0) is 12.1 Å². The first-order valence-corrected chi connectivity index (χ1v) is 6.14. The first-order valence-electron chi connectivity index (χ1n) is 6.14. The molecule has 0 saturated carbocycles. The highest BCUT2D eigenvalue weighted by Gasteiger charge is 2.59. The summed E-state index contributed by atoms with van der Waals surface area (Å²) in [6.07, 6.45) is 0. The summed E-state index contributed by atoms with van der Waals surface area (Å²) in [5.41, 5.74) is -0.214. The topological polar surface area (TPSA) is 18.5 Å². The largest absolute Gasteiger partial charge is 0.447 e. The summed E-state index contributed by atoms with van der Waals surface area (Å²) in [7, 11) is 0. The Kier molecular flexibility index (Phi) is 2.46. The summed E-state index contributed by atoms with van der Waals surface area (Å²) in [5, 5.41) is 0. The number of benzene rings is 1. The summed E-state index contributed by atoms with van der Waals surface area (Å²) in [4.78, 5) is 0. The van der Waals surface area contributed by atoms with Gasteiger partial charge in [0.25, 0.3) is 5.79 Å². The Bertz CT molecular complexity index is 380. The van der Waals surface area contributed by atoms with Crippen molar-refractivity contribution in [3.05, 3.63) is 24.3 Å². The zero-order valence-electron chi connectivity index (χ0n) is 11.6. The summed E-state index contributed by atoms with van der Waals surface area (Å²) in [6.45, 7) is 12.9. The average Bonchev–Trinajstić information content (AvgIpc) is 2.55. The molecule has 17 heavy (non-hydrogen) atoms. The molecule has 2 nitrogen and oxygen atoms in total. The molecule has 0 saturated heterocycles. The van der Waals surface area contributed by atoms with Crippen LogP contribution in [0, 0.1) is 10.8 Å². The lowest BCUT2D eigenvalue weighted by Crippen LogP contribution is -2.59. The van der Waals surface area contributed by atoms with Crippen molar-refractivity contribution >= 4 is 0 Å². The third-order valence-corrected chi connectivity index (χ3v) is 3.33. The standard InChI is InChI=1S/C15H22O2/c1-13(2,3)15(14(4,5)6)16-11-9-7-8-10-12(11)17-15/h7-10H,1-6H3. The first-order chi connectivity index (χ1) is 7.67. The van der Waals surface area contributed by atoms with E-state index in [1.54, 1.807) is 0 Å². The first kappa shape index (κ1) is 12.3. The molecule has 0 radical (unpaired) electrons. The molecule has 0 unspecified atom stereocenters. The minimum Gasteiger partial charge on any atom is -0.447 e. The second-order valence-corrected chi connectivity index (χ2v) is 6.77. The normalized spacial score (nSPS) is 18.2. The molecule has 2 rings (SSSR count). The molecular formula is C15H22O2. The van der Waals surface area contributed by atoms with Crippen LogP contribution in [0.1, 0.15) is 41.5 Å². The van der Waals surface area contributed by atoms with Gasteiger partial charge in [-0.2, -0.15) is 0 Å². The molecule has 0 aromatic heterocycles. The number of hydrogen-bond acceptors (Lipinski definition) is 2. The van der Waals surface area contributed by atoms with E-state index in [9.17, 15) is 0 Å². The van der Waals surface area contributed by atoms with E-state index in [0.717, 1.165) is 11.5 Å². The summed E-state index contributed by atoms with van der Waals surface area (Å²) >= 11 is 0. The molecule has 2 heteroatoms. The van der Waals surface area contributed by atoms with Gasteiger partial charge in [-0.25, -0.2) is 0 Å². The van der Waals surface area contributed by atoms with Crippen LogP contribution in [-0.2, 0) is 0 Å². The van der Waals surface area contributed by atoms with E-state index < -0.39 is 5.79 Å². The highest BCUT2D eigenvalue weighted by atomic mass is 16.7.